The summed E-state index contributed by atoms with van der Waals surface area (Å²) in [7, 11) is 0. The summed E-state index contributed by atoms with van der Waals surface area (Å²) in [5.74, 6) is 0.0116. The minimum Gasteiger partial charge on any atom is -0.504 e. The molecule has 0 aliphatic rings. The van der Waals surface area contributed by atoms with Crippen molar-refractivity contribution in [2.75, 3.05) is 0 Å². The van der Waals surface area contributed by atoms with E-state index in [4.69, 9.17) is 6.42 Å². The van der Waals surface area contributed by atoms with Crippen molar-refractivity contribution < 1.29 is 19.9 Å². The lowest BCUT2D eigenvalue weighted by Crippen LogP contribution is -2.24. The van der Waals surface area contributed by atoms with Crippen LogP contribution < -0.4 is 5.32 Å². The Balaban J connectivity index is 2.23. The molecule has 0 fully saturated rings. The fourth-order valence-corrected chi connectivity index (χ4v) is 1.88. The highest BCUT2D eigenvalue weighted by Gasteiger charge is 2.19. The van der Waals surface area contributed by atoms with Crippen LogP contribution in [0.5, 0.6) is 11.5 Å². The van der Waals surface area contributed by atoms with Crippen molar-refractivity contribution in [1.29, 1.82) is 0 Å². The number of terminal acetylenes is 1. The molecule has 0 radical (unpaired) electrons. The summed E-state index contributed by atoms with van der Waals surface area (Å²) < 4.78 is 0. The summed E-state index contributed by atoms with van der Waals surface area (Å²) in [4.78, 5) is 29.8. The van der Waals surface area contributed by atoms with Gasteiger partial charge in [0.1, 0.15) is 6.33 Å². The molecule has 0 saturated carbocycles. The molecule has 126 valence electrons. The van der Waals surface area contributed by atoms with E-state index < -0.39 is 28.0 Å². The van der Waals surface area contributed by atoms with E-state index in [1.165, 1.54) is 18.6 Å². The van der Waals surface area contributed by atoms with E-state index >= 15 is 0 Å². The van der Waals surface area contributed by atoms with Gasteiger partial charge in [0.2, 0.25) is 5.75 Å². The van der Waals surface area contributed by atoms with E-state index in [1.807, 2.05) is 0 Å². The number of nitro groups is 1. The third kappa shape index (κ3) is 4.29. The quantitative estimate of drug-likeness (QED) is 0.244. The topological polar surface area (TPSA) is 138 Å². The summed E-state index contributed by atoms with van der Waals surface area (Å²) in [5, 5.41) is 32.4. The number of nitrogens with zero attached hydrogens (tertiary/aromatic N) is 3. The minimum atomic E-state index is -0.864. The molecular formula is C16H12N4O5. The maximum atomic E-state index is 12.1. The molecule has 1 heterocycles. The average molecular weight is 340 g/mol. The number of hydrogen-bond acceptors (Lipinski definition) is 7. The first-order valence-corrected chi connectivity index (χ1v) is 6.84. The molecule has 0 bridgehead atoms. The maximum Gasteiger partial charge on any atom is 0.315 e. The summed E-state index contributed by atoms with van der Waals surface area (Å²) in [6.07, 6.45) is 9.34. The van der Waals surface area contributed by atoms with E-state index in [0.29, 0.717) is 5.69 Å². The predicted octanol–water partition coefficient (Wildman–Crippen LogP) is 1.13. The molecule has 0 aliphatic heterocycles. The van der Waals surface area contributed by atoms with Gasteiger partial charge in [0.05, 0.1) is 22.7 Å². The van der Waals surface area contributed by atoms with Crippen LogP contribution in [-0.2, 0) is 11.3 Å². The van der Waals surface area contributed by atoms with E-state index in [0.717, 1.165) is 12.1 Å². The van der Waals surface area contributed by atoms with Crippen molar-refractivity contribution in [3.8, 4) is 23.8 Å². The van der Waals surface area contributed by atoms with E-state index in [9.17, 15) is 25.1 Å². The molecule has 2 rings (SSSR count). The molecule has 1 aromatic heterocycles. The van der Waals surface area contributed by atoms with Gasteiger partial charge in [-0.3, -0.25) is 14.9 Å². The van der Waals surface area contributed by atoms with Crippen molar-refractivity contribution in [1.82, 2.24) is 15.3 Å². The van der Waals surface area contributed by atoms with Gasteiger partial charge in [-0.2, -0.15) is 0 Å². The van der Waals surface area contributed by atoms with Crippen LogP contribution in [0.2, 0.25) is 0 Å². The van der Waals surface area contributed by atoms with Crippen molar-refractivity contribution in [3.63, 3.8) is 0 Å². The average Bonchev–Trinajstić information content (AvgIpc) is 2.61. The molecule has 0 unspecified atom stereocenters. The van der Waals surface area contributed by atoms with Crippen LogP contribution in [-0.4, -0.2) is 31.0 Å². The largest absolute Gasteiger partial charge is 0.504 e. The normalized spacial score (nSPS) is 10.8. The number of nitrogens with one attached hydrogen (secondary N) is 1. The number of rotatable bonds is 5. The number of carbonyl (C=O) groups excluding carboxylic acids is 1. The fourth-order valence-electron chi connectivity index (χ4n) is 1.88. The third-order valence-corrected chi connectivity index (χ3v) is 3.07. The second-order valence-corrected chi connectivity index (χ2v) is 4.75. The number of aromatic hydroxyl groups is 2. The number of phenolic OH excluding ortho intramolecular Hbond substituents is 2. The molecule has 1 aromatic carbocycles. The second kappa shape index (κ2) is 7.56. The van der Waals surface area contributed by atoms with Crippen LogP contribution in [0.15, 0.2) is 36.3 Å². The zero-order valence-electron chi connectivity index (χ0n) is 12.7. The van der Waals surface area contributed by atoms with Crippen molar-refractivity contribution >= 4 is 17.7 Å². The van der Waals surface area contributed by atoms with Gasteiger partial charge in [0.15, 0.2) is 5.75 Å². The van der Waals surface area contributed by atoms with Gasteiger partial charge in [0.25, 0.3) is 5.91 Å². The SMILES string of the molecule is C#C/C(=C\c1cc(O)c(O)c([N+](=O)[O-])c1)C(=O)NCc1ccncn1. The molecule has 0 spiro atoms. The Morgan fingerprint density at radius 1 is 1.44 bits per heavy atom. The Morgan fingerprint density at radius 3 is 2.80 bits per heavy atom. The highest BCUT2D eigenvalue weighted by atomic mass is 16.6. The van der Waals surface area contributed by atoms with Gasteiger partial charge >= 0.3 is 5.69 Å². The predicted molar refractivity (Wildman–Crippen MR) is 87.1 cm³/mol. The van der Waals surface area contributed by atoms with Crippen LogP contribution in [0.25, 0.3) is 6.08 Å². The molecule has 3 N–H and O–H groups in total. The molecule has 9 heteroatoms. The van der Waals surface area contributed by atoms with E-state index in [2.05, 4.69) is 21.2 Å². The lowest BCUT2D eigenvalue weighted by Gasteiger charge is -2.05. The first-order valence-electron chi connectivity index (χ1n) is 6.84. The number of amides is 1. The Labute approximate surface area is 141 Å². The number of carbonyl (C=O) groups is 1. The smallest absolute Gasteiger partial charge is 0.315 e. The first-order chi connectivity index (χ1) is 11.9. The maximum absolute atomic E-state index is 12.1. The zero-order valence-corrected chi connectivity index (χ0v) is 12.7. The van der Waals surface area contributed by atoms with Gasteiger partial charge in [-0.05, 0) is 23.8 Å². The number of nitro benzene ring substituents is 1. The molecule has 2 aromatic rings. The van der Waals surface area contributed by atoms with Gasteiger partial charge in [-0.15, -0.1) is 6.42 Å². The van der Waals surface area contributed by atoms with Gasteiger partial charge in [-0.1, -0.05) is 5.92 Å². The number of benzene rings is 1. The van der Waals surface area contributed by atoms with Crippen LogP contribution in [0.1, 0.15) is 11.3 Å². The van der Waals surface area contributed by atoms with E-state index in [-0.39, 0.29) is 17.7 Å². The molecule has 25 heavy (non-hydrogen) atoms. The minimum absolute atomic E-state index is 0.0899. The number of hydrogen-bond donors (Lipinski definition) is 3. The highest BCUT2D eigenvalue weighted by molar-refractivity contribution is 6.02. The summed E-state index contributed by atoms with van der Waals surface area (Å²) in [6, 6.07) is 3.66. The lowest BCUT2D eigenvalue weighted by molar-refractivity contribution is -0.386. The second-order valence-electron chi connectivity index (χ2n) is 4.75. The monoisotopic (exact) mass is 340 g/mol. The Bertz CT molecular complexity index is 887. The zero-order chi connectivity index (χ0) is 18.4. The van der Waals surface area contributed by atoms with Crippen LogP contribution in [0, 0.1) is 22.5 Å². The molecule has 0 atom stereocenters. The van der Waals surface area contributed by atoms with Gasteiger partial charge < -0.3 is 15.5 Å². The summed E-state index contributed by atoms with van der Waals surface area (Å²) >= 11 is 0. The van der Waals surface area contributed by atoms with Crippen LogP contribution >= 0.6 is 0 Å². The fraction of sp³-hybridized carbons (Fsp3) is 0.0625. The molecule has 0 saturated heterocycles. The Morgan fingerprint density at radius 2 is 2.20 bits per heavy atom. The highest BCUT2D eigenvalue weighted by Crippen LogP contribution is 2.36. The summed E-state index contributed by atoms with van der Waals surface area (Å²) in [6.45, 7) is 0.112. The number of aromatic nitrogens is 2. The van der Waals surface area contributed by atoms with Crippen LogP contribution in [0.4, 0.5) is 5.69 Å². The molecule has 0 aliphatic carbocycles. The van der Waals surface area contributed by atoms with Crippen molar-refractivity contribution in [2.24, 2.45) is 0 Å². The van der Waals surface area contributed by atoms with Crippen molar-refractivity contribution in [3.05, 3.63) is 57.7 Å². The Hall–Kier alpha value is -3.93. The molecule has 9 nitrogen and oxygen atoms in total. The molecule has 1 amide bonds. The third-order valence-electron chi connectivity index (χ3n) is 3.07. The van der Waals surface area contributed by atoms with E-state index in [1.54, 1.807) is 6.07 Å². The van der Waals surface area contributed by atoms with Gasteiger partial charge in [0, 0.05) is 12.3 Å². The summed E-state index contributed by atoms with van der Waals surface area (Å²) in [5.41, 5.74) is -0.165. The lowest BCUT2D eigenvalue weighted by atomic mass is 10.1. The first kappa shape index (κ1) is 17.4. The standard InChI is InChI=1S/C16H12N4O5/c1-2-11(16(23)18-8-12-3-4-17-9-19-12)5-10-6-13(20(24)25)15(22)14(21)7-10/h1,3-7,9,21-22H,8H2,(H,18,23)/b11-5+. The van der Waals surface area contributed by atoms with Crippen molar-refractivity contribution in [2.45, 2.75) is 6.54 Å². The Kier molecular flexibility index (Phi) is 5.27. The number of phenols is 2. The van der Waals surface area contributed by atoms with Crippen LogP contribution in [0.3, 0.4) is 0 Å². The van der Waals surface area contributed by atoms with Gasteiger partial charge in [-0.25, -0.2) is 9.97 Å². The molecular weight excluding hydrogens is 328 g/mol.